The van der Waals surface area contributed by atoms with Crippen LogP contribution in [-0.2, 0) is 4.74 Å². The Morgan fingerprint density at radius 1 is 1.19 bits per heavy atom. The molecule has 2 atom stereocenters. The second kappa shape index (κ2) is 8.08. The van der Waals surface area contributed by atoms with Crippen molar-refractivity contribution in [3.63, 3.8) is 0 Å². The molecule has 0 aromatic rings. The molecule has 0 aliphatic heterocycles. The zero-order chi connectivity index (χ0) is 11.8. The van der Waals surface area contributed by atoms with E-state index >= 15 is 0 Å². The fourth-order valence-electron chi connectivity index (χ4n) is 2.71. The van der Waals surface area contributed by atoms with Gasteiger partial charge in [0.25, 0.3) is 0 Å². The Hall–Kier alpha value is -0.0800. The maximum absolute atomic E-state index is 6.22. The van der Waals surface area contributed by atoms with Crippen molar-refractivity contribution in [1.82, 2.24) is 0 Å². The molecular formula is C14H29NO. The highest BCUT2D eigenvalue weighted by molar-refractivity contribution is 4.73. The predicted molar refractivity (Wildman–Crippen MR) is 69.4 cm³/mol. The fourth-order valence-corrected chi connectivity index (χ4v) is 2.71. The second-order valence-corrected chi connectivity index (χ2v) is 5.50. The topological polar surface area (TPSA) is 35.2 Å². The van der Waals surface area contributed by atoms with Crippen LogP contribution in [0.2, 0.25) is 0 Å². The molecule has 1 aliphatic carbocycles. The minimum Gasteiger partial charge on any atom is -0.385 e. The molecule has 1 aliphatic rings. The molecule has 1 rings (SSSR count). The van der Waals surface area contributed by atoms with Gasteiger partial charge in [0.15, 0.2) is 0 Å². The number of nitrogens with two attached hydrogens (primary N) is 1. The number of hydrogen-bond donors (Lipinski definition) is 1. The predicted octanol–water partition coefficient (Wildman–Crippen LogP) is 3.35. The van der Waals surface area contributed by atoms with Crippen molar-refractivity contribution in [2.45, 2.75) is 64.3 Å². The molecule has 0 aromatic heterocycles. The lowest BCUT2D eigenvalue weighted by Gasteiger charge is -2.25. The Morgan fingerprint density at radius 3 is 2.50 bits per heavy atom. The van der Waals surface area contributed by atoms with E-state index in [0.717, 1.165) is 18.9 Å². The van der Waals surface area contributed by atoms with Crippen molar-refractivity contribution in [1.29, 1.82) is 0 Å². The molecule has 96 valence electrons. The number of methoxy groups -OCH3 is 1. The summed E-state index contributed by atoms with van der Waals surface area (Å²) in [6.45, 7) is 3.10. The zero-order valence-electron chi connectivity index (χ0n) is 11.1. The summed E-state index contributed by atoms with van der Waals surface area (Å²) in [4.78, 5) is 0. The van der Waals surface area contributed by atoms with Gasteiger partial charge in [0, 0.05) is 19.8 Å². The number of hydrogen-bond acceptors (Lipinski definition) is 2. The summed E-state index contributed by atoms with van der Waals surface area (Å²) < 4.78 is 5.10. The molecule has 0 saturated heterocycles. The van der Waals surface area contributed by atoms with E-state index in [2.05, 4.69) is 6.92 Å². The first-order chi connectivity index (χ1) is 7.74. The lowest BCUT2D eigenvalue weighted by atomic mass is 9.83. The lowest BCUT2D eigenvalue weighted by molar-refractivity contribution is 0.171. The third kappa shape index (κ3) is 5.31. The zero-order valence-corrected chi connectivity index (χ0v) is 11.1. The van der Waals surface area contributed by atoms with Crippen molar-refractivity contribution in [2.75, 3.05) is 13.7 Å². The first kappa shape index (κ1) is 14.0. The maximum Gasteiger partial charge on any atom is 0.0465 e. The lowest BCUT2D eigenvalue weighted by Crippen LogP contribution is -2.29. The average Bonchev–Trinajstić information content (AvgIpc) is 2.34. The minimum atomic E-state index is 0.372. The van der Waals surface area contributed by atoms with Crippen LogP contribution in [0.1, 0.15) is 58.3 Å². The van der Waals surface area contributed by atoms with Crippen molar-refractivity contribution in [3.8, 4) is 0 Å². The van der Waals surface area contributed by atoms with Gasteiger partial charge in [-0.25, -0.2) is 0 Å². The van der Waals surface area contributed by atoms with Gasteiger partial charge < -0.3 is 10.5 Å². The van der Waals surface area contributed by atoms with Crippen LogP contribution < -0.4 is 5.73 Å². The van der Waals surface area contributed by atoms with Crippen LogP contribution in [0.25, 0.3) is 0 Å². The third-order valence-electron chi connectivity index (χ3n) is 4.14. The Labute approximate surface area is 101 Å². The Bertz CT molecular complexity index is 166. The van der Waals surface area contributed by atoms with Crippen molar-refractivity contribution in [3.05, 3.63) is 0 Å². The fraction of sp³-hybridized carbons (Fsp3) is 1.00. The molecule has 0 bridgehead atoms. The Kier molecular flexibility index (Phi) is 7.06. The summed E-state index contributed by atoms with van der Waals surface area (Å²) >= 11 is 0. The van der Waals surface area contributed by atoms with Crippen LogP contribution in [0.4, 0.5) is 0 Å². The van der Waals surface area contributed by atoms with E-state index in [4.69, 9.17) is 10.5 Å². The molecule has 16 heavy (non-hydrogen) atoms. The highest BCUT2D eigenvalue weighted by atomic mass is 16.5. The smallest absolute Gasteiger partial charge is 0.0465 e. The second-order valence-electron chi connectivity index (χ2n) is 5.50. The van der Waals surface area contributed by atoms with Gasteiger partial charge in [-0.05, 0) is 31.1 Å². The SMILES string of the molecule is COCCC(C)C(N)CCC1CCCCC1. The summed E-state index contributed by atoms with van der Waals surface area (Å²) in [6, 6.07) is 0.372. The molecule has 2 N–H and O–H groups in total. The Morgan fingerprint density at radius 2 is 1.88 bits per heavy atom. The highest BCUT2D eigenvalue weighted by Crippen LogP contribution is 2.28. The van der Waals surface area contributed by atoms with Gasteiger partial charge in [-0.1, -0.05) is 39.0 Å². The minimum absolute atomic E-state index is 0.372. The first-order valence-corrected chi connectivity index (χ1v) is 6.98. The summed E-state index contributed by atoms with van der Waals surface area (Å²) in [5.41, 5.74) is 6.22. The average molecular weight is 227 g/mol. The van der Waals surface area contributed by atoms with E-state index in [0.29, 0.717) is 12.0 Å². The first-order valence-electron chi connectivity index (χ1n) is 6.98. The third-order valence-corrected chi connectivity index (χ3v) is 4.14. The van der Waals surface area contributed by atoms with Gasteiger partial charge in [-0.2, -0.15) is 0 Å². The standard InChI is InChI=1S/C14H29NO/c1-12(10-11-16-2)14(15)9-8-13-6-4-3-5-7-13/h12-14H,3-11,15H2,1-2H3. The summed E-state index contributed by atoms with van der Waals surface area (Å²) in [7, 11) is 1.76. The molecule has 2 unspecified atom stereocenters. The van der Waals surface area contributed by atoms with E-state index in [1.807, 2.05) is 0 Å². The van der Waals surface area contributed by atoms with Crippen LogP contribution in [0.3, 0.4) is 0 Å². The van der Waals surface area contributed by atoms with Crippen LogP contribution in [-0.4, -0.2) is 19.8 Å². The summed E-state index contributed by atoms with van der Waals surface area (Å²) in [5, 5.41) is 0. The van der Waals surface area contributed by atoms with Gasteiger partial charge in [0.1, 0.15) is 0 Å². The molecule has 0 amide bonds. The molecule has 1 fully saturated rings. The molecule has 0 radical (unpaired) electrons. The van der Waals surface area contributed by atoms with E-state index in [1.165, 1.54) is 44.9 Å². The largest absolute Gasteiger partial charge is 0.385 e. The van der Waals surface area contributed by atoms with Gasteiger partial charge in [0.05, 0.1) is 0 Å². The monoisotopic (exact) mass is 227 g/mol. The van der Waals surface area contributed by atoms with Crippen molar-refractivity contribution in [2.24, 2.45) is 17.6 Å². The van der Waals surface area contributed by atoms with Gasteiger partial charge >= 0.3 is 0 Å². The molecular weight excluding hydrogens is 198 g/mol. The molecule has 2 heteroatoms. The molecule has 0 aromatic carbocycles. The highest BCUT2D eigenvalue weighted by Gasteiger charge is 2.17. The molecule has 1 saturated carbocycles. The number of ether oxygens (including phenoxy) is 1. The van der Waals surface area contributed by atoms with Gasteiger partial charge in [0.2, 0.25) is 0 Å². The van der Waals surface area contributed by atoms with E-state index in [1.54, 1.807) is 7.11 Å². The van der Waals surface area contributed by atoms with E-state index in [-0.39, 0.29) is 0 Å². The van der Waals surface area contributed by atoms with Gasteiger partial charge in [-0.15, -0.1) is 0 Å². The van der Waals surface area contributed by atoms with Crippen molar-refractivity contribution < 1.29 is 4.74 Å². The summed E-state index contributed by atoms with van der Waals surface area (Å²) in [5.74, 6) is 1.57. The normalized spacial score (nSPS) is 21.9. The van der Waals surface area contributed by atoms with Crippen LogP contribution in [0.15, 0.2) is 0 Å². The van der Waals surface area contributed by atoms with Crippen LogP contribution in [0, 0.1) is 11.8 Å². The summed E-state index contributed by atoms with van der Waals surface area (Å²) in [6.07, 6.45) is 10.9. The number of rotatable bonds is 7. The molecule has 0 heterocycles. The van der Waals surface area contributed by atoms with Crippen LogP contribution >= 0.6 is 0 Å². The maximum atomic E-state index is 6.22. The van der Waals surface area contributed by atoms with E-state index < -0.39 is 0 Å². The Balaban J connectivity index is 2.10. The quantitative estimate of drug-likeness (QED) is 0.724. The van der Waals surface area contributed by atoms with Crippen LogP contribution in [0.5, 0.6) is 0 Å². The van der Waals surface area contributed by atoms with Crippen molar-refractivity contribution >= 4 is 0 Å². The van der Waals surface area contributed by atoms with E-state index in [9.17, 15) is 0 Å². The molecule has 2 nitrogen and oxygen atoms in total. The molecule has 0 spiro atoms. The van der Waals surface area contributed by atoms with Gasteiger partial charge in [-0.3, -0.25) is 0 Å².